The summed E-state index contributed by atoms with van der Waals surface area (Å²) < 4.78 is 0. The number of nitrogens with zero attached hydrogens (tertiary/aromatic N) is 4. The Kier molecular flexibility index (Phi) is 2.68. The highest BCUT2D eigenvalue weighted by molar-refractivity contribution is 6.28. The SMILES string of the molecule is Clc1nc(Nc2cccc3ccncc23)c2[nH]cnc2n1. The van der Waals surface area contributed by atoms with Crippen LogP contribution in [0.25, 0.3) is 21.9 Å². The molecule has 0 aliphatic carbocycles. The number of pyridine rings is 1. The first kappa shape index (κ1) is 12.0. The van der Waals surface area contributed by atoms with Gasteiger partial charge in [0.25, 0.3) is 0 Å². The van der Waals surface area contributed by atoms with Gasteiger partial charge in [0.1, 0.15) is 5.52 Å². The minimum atomic E-state index is 0.149. The topological polar surface area (TPSA) is 79.4 Å². The lowest BCUT2D eigenvalue weighted by Gasteiger charge is -2.09. The molecule has 0 radical (unpaired) electrons. The van der Waals surface area contributed by atoms with Crippen LogP contribution >= 0.6 is 11.6 Å². The number of anilines is 2. The lowest BCUT2D eigenvalue weighted by molar-refractivity contribution is 1.20. The summed E-state index contributed by atoms with van der Waals surface area (Å²) in [5, 5.41) is 5.51. The minimum absolute atomic E-state index is 0.149. The maximum atomic E-state index is 5.94. The normalized spacial score (nSPS) is 11.1. The summed E-state index contributed by atoms with van der Waals surface area (Å²) in [5.41, 5.74) is 2.13. The van der Waals surface area contributed by atoms with Crippen LogP contribution in [0, 0.1) is 0 Å². The largest absolute Gasteiger partial charge is 0.340 e. The van der Waals surface area contributed by atoms with E-state index in [1.807, 2.05) is 30.5 Å². The molecule has 0 atom stereocenters. The van der Waals surface area contributed by atoms with Gasteiger partial charge in [0.05, 0.1) is 6.33 Å². The van der Waals surface area contributed by atoms with Gasteiger partial charge in [0, 0.05) is 23.5 Å². The van der Waals surface area contributed by atoms with Crippen LogP contribution in [0.15, 0.2) is 43.0 Å². The van der Waals surface area contributed by atoms with E-state index in [0.29, 0.717) is 17.0 Å². The van der Waals surface area contributed by atoms with Crippen molar-refractivity contribution in [2.75, 3.05) is 5.32 Å². The second kappa shape index (κ2) is 4.68. The maximum absolute atomic E-state index is 5.94. The molecule has 102 valence electrons. The predicted octanol–water partition coefficient (Wildman–Crippen LogP) is 3.30. The Morgan fingerprint density at radius 1 is 1.14 bits per heavy atom. The molecule has 1 aromatic carbocycles. The highest BCUT2D eigenvalue weighted by atomic mass is 35.5. The number of H-pyrrole nitrogens is 1. The van der Waals surface area contributed by atoms with Gasteiger partial charge in [-0.2, -0.15) is 9.97 Å². The summed E-state index contributed by atoms with van der Waals surface area (Å²) in [5.74, 6) is 0.582. The third-order valence-electron chi connectivity index (χ3n) is 3.20. The van der Waals surface area contributed by atoms with Crippen molar-refractivity contribution in [3.05, 3.63) is 48.3 Å². The second-order valence-corrected chi connectivity index (χ2v) is 4.81. The molecule has 4 aromatic rings. The summed E-state index contributed by atoms with van der Waals surface area (Å²) in [6, 6.07) is 7.92. The number of hydrogen-bond acceptors (Lipinski definition) is 5. The molecule has 6 nitrogen and oxygen atoms in total. The van der Waals surface area contributed by atoms with Gasteiger partial charge < -0.3 is 10.3 Å². The predicted molar refractivity (Wildman–Crippen MR) is 81.7 cm³/mol. The van der Waals surface area contributed by atoms with E-state index >= 15 is 0 Å². The fraction of sp³-hybridized carbons (Fsp3) is 0. The quantitative estimate of drug-likeness (QED) is 0.555. The summed E-state index contributed by atoms with van der Waals surface area (Å²) in [6.07, 6.45) is 5.14. The van der Waals surface area contributed by atoms with E-state index in [4.69, 9.17) is 11.6 Å². The number of imidazole rings is 1. The summed E-state index contributed by atoms with van der Waals surface area (Å²) >= 11 is 5.94. The summed E-state index contributed by atoms with van der Waals surface area (Å²) in [6.45, 7) is 0. The molecule has 0 fully saturated rings. The van der Waals surface area contributed by atoms with Crippen LogP contribution in [0.1, 0.15) is 0 Å². The summed E-state index contributed by atoms with van der Waals surface area (Å²) in [7, 11) is 0. The van der Waals surface area contributed by atoms with E-state index in [2.05, 4.69) is 30.2 Å². The molecule has 0 aliphatic rings. The van der Waals surface area contributed by atoms with Crippen molar-refractivity contribution in [2.45, 2.75) is 0 Å². The molecule has 0 bridgehead atoms. The number of rotatable bonds is 2. The molecule has 0 amide bonds. The zero-order valence-electron chi connectivity index (χ0n) is 10.7. The molecule has 0 saturated heterocycles. The molecular weight excluding hydrogens is 288 g/mol. The van der Waals surface area contributed by atoms with Crippen LogP contribution in [-0.4, -0.2) is 24.9 Å². The highest BCUT2D eigenvalue weighted by Gasteiger charge is 2.10. The third-order valence-corrected chi connectivity index (χ3v) is 3.36. The Morgan fingerprint density at radius 3 is 3.05 bits per heavy atom. The minimum Gasteiger partial charge on any atom is -0.340 e. The van der Waals surface area contributed by atoms with Gasteiger partial charge >= 0.3 is 0 Å². The van der Waals surface area contributed by atoms with Crippen molar-refractivity contribution in [2.24, 2.45) is 0 Å². The van der Waals surface area contributed by atoms with Gasteiger partial charge in [-0.3, -0.25) is 4.98 Å². The van der Waals surface area contributed by atoms with Gasteiger partial charge in [-0.1, -0.05) is 12.1 Å². The smallest absolute Gasteiger partial charge is 0.226 e. The molecule has 21 heavy (non-hydrogen) atoms. The molecule has 0 spiro atoms. The van der Waals surface area contributed by atoms with E-state index in [9.17, 15) is 0 Å². The molecule has 2 N–H and O–H groups in total. The number of aromatic amines is 1. The van der Waals surface area contributed by atoms with Gasteiger partial charge in [-0.15, -0.1) is 0 Å². The van der Waals surface area contributed by atoms with Crippen LogP contribution in [-0.2, 0) is 0 Å². The second-order valence-electron chi connectivity index (χ2n) is 4.47. The average molecular weight is 297 g/mol. The van der Waals surface area contributed by atoms with Crippen LogP contribution in [0.3, 0.4) is 0 Å². The van der Waals surface area contributed by atoms with Crippen molar-refractivity contribution in [3.63, 3.8) is 0 Å². The van der Waals surface area contributed by atoms with Crippen molar-refractivity contribution < 1.29 is 0 Å². The summed E-state index contributed by atoms with van der Waals surface area (Å²) in [4.78, 5) is 19.6. The lowest BCUT2D eigenvalue weighted by atomic mass is 10.1. The molecule has 0 aliphatic heterocycles. The first-order chi connectivity index (χ1) is 10.3. The van der Waals surface area contributed by atoms with Crippen molar-refractivity contribution in [1.82, 2.24) is 24.9 Å². The number of halogens is 1. The van der Waals surface area contributed by atoms with E-state index in [0.717, 1.165) is 16.5 Å². The fourth-order valence-corrected chi connectivity index (χ4v) is 2.41. The molecule has 3 heterocycles. The molecular formula is C14H9ClN6. The van der Waals surface area contributed by atoms with E-state index < -0.39 is 0 Å². The number of fused-ring (bicyclic) bond motifs is 2. The van der Waals surface area contributed by atoms with E-state index in [-0.39, 0.29) is 5.28 Å². The first-order valence-electron chi connectivity index (χ1n) is 6.27. The molecule has 0 saturated carbocycles. The third kappa shape index (κ3) is 2.05. The maximum Gasteiger partial charge on any atom is 0.226 e. The lowest BCUT2D eigenvalue weighted by Crippen LogP contribution is -1.98. The monoisotopic (exact) mass is 296 g/mol. The van der Waals surface area contributed by atoms with Crippen molar-refractivity contribution >= 4 is 45.0 Å². The number of nitrogens with one attached hydrogen (secondary N) is 2. The van der Waals surface area contributed by atoms with Crippen molar-refractivity contribution in [1.29, 1.82) is 0 Å². The van der Waals surface area contributed by atoms with Crippen LogP contribution in [0.2, 0.25) is 5.28 Å². The van der Waals surface area contributed by atoms with Crippen LogP contribution in [0.4, 0.5) is 11.5 Å². The average Bonchev–Trinajstić information content (AvgIpc) is 2.96. The Balaban J connectivity index is 1.89. The van der Waals surface area contributed by atoms with E-state index in [1.165, 1.54) is 0 Å². The number of benzene rings is 1. The number of aromatic nitrogens is 5. The fourth-order valence-electron chi connectivity index (χ4n) is 2.25. The first-order valence-corrected chi connectivity index (χ1v) is 6.65. The van der Waals surface area contributed by atoms with Crippen molar-refractivity contribution in [3.8, 4) is 0 Å². The highest BCUT2D eigenvalue weighted by Crippen LogP contribution is 2.27. The van der Waals surface area contributed by atoms with Crippen LogP contribution in [0.5, 0.6) is 0 Å². The van der Waals surface area contributed by atoms with Gasteiger partial charge in [-0.25, -0.2) is 4.98 Å². The molecule has 4 rings (SSSR count). The van der Waals surface area contributed by atoms with Gasteiger partial charge in [0.15, 0.2) is 11.5 Å². The van der Waals surface area contributed by atoms with E-state index in [1.54, 1.807) is 12.5 Å². The van der Waals surface area contributed by atoms with Gasteiger partial charge in [0.2, 0.25) is 5.28 Å². The van der Waals surface area contributed by atoms with Crippen LogP contribution < -0.4 is 5.32 Å². The Labute approximate surface area is 124 Å². The number of hydrogen-bond donors (Lipinski definition) is 2. The van der Waals surface area contributed by atoms with Gasteiger partial charge in [-0.05, 0) is 29.1 Å². The zero-order chi connectivity index (χ0) is 14.2. The zero-order valence-corrected chi connectivity index (χ0v) is 11.5. The Hall–Kier alpha value is -2.73. The molecule has 7 heteroatoms. The molecule has 0 unspecified atom stereocenters. The Morgan fingerprint density at radius 2 is 2.10 bits per heavy atom. The Bertz CT molecular complexity index is 943. The molecule has 3 aromatic heterocycles. The standard InChI is InChI=1S/C14H9ClN6/c15-14-20-12-11(17-7-18-12)13(21-14)19-10-3-1-2-8-4-5-16-6-9(8)10/h1-7H,(H2,17,18,19,20,21).